The van der Waals surface area contributed by atoms with E-state index in [-0.39, 0.29) is 0 Å². The van der Waals surface area contributed by atoms with E-state index in [1.807, 2.05) is 0 Å². The van der Waals surface area contributed by atoms with Crippen molar-refractivity contribution in [2.45, 2.75) is 6.42 Å². The number of rotatable bonds is 2. The molecule has 2 saturated heterocycles. The molecule has 70 valence electrons. The third-order valence-electron chi connectivity index (χ3n) is 3.35. The van der Waals surface area contributed by atoms with Crippen LogP contribution in [-0.2, 0) is 4.74 Å². The summed E-state index contributed by atoms with van der Waals surface area (Å²) in [7, 11) is 2.20. The van der Waals surface area contributed by atoms with E-state index in [0.29, 0.717) is 5.41 Å². The Hall–Kier alpha value is 0.270. The molecule has 3 heteroatoms. The van der Waals surface area contributed by atoms with Crippen LogP contribution in [0.4, 0.5) is 0 Å². The molecule has 0 radical (unpaired) electrons. The third kappa shape index (κ3) is 1.28. The lowest BCUT2D eigenvalue weighted by Crippen LogP contribution is -2.50. The second-order valence-electron chi connectivity index (χ2n) is 4.26. The molecule has 0 bridgehead atoms. The topological polar surface area (TPSA) is 12.5 Å². The van der Waals surface area contributed by atoms with Crippen molar-refractivity contribution >= 4 is 12.6 Å². The van der Waals surface area contributed by atoms with Gasteiger partial charge < -0.3 is 9.64 Å². The van der Waals surface area contributed by atoms with Crippen molar-refractivity contribution < 1.29 is 4.74 Å². The maximum atomic E-state index is 5.31. The van der Waals surface area contributed by atoms with Gasteiger partial charge in [0.1, 0.15) is 0 Å². The van der Waals surface area contributed by atoms with Crippen LogP contribution in [0.25, 0.3) is 0 Å². The molecular formula is C9H17NOS. The average molecular weight is 187 g/mol. The van der Waals surface area contributed by atoms with Gasteiger partial charge in [0.2, 0.25) is 0 Å². The average Bonchev–Trinajstić information content (AvgIpc) is 2.35. The molecule has 0 aromatic rings. The maximum Gasteiger partial charge on any atom is 0.0555 e. The van der Waals surface area contributed by atoms with Gasteiger partial charge in [-0.1, -0.05) is 0 Å². The highest BCUT2D eigenvalue weighted by Crippen LogP contribution is 2.41. The number of likely N-dealkylation sites (tertiary alicyclic amines) is 1. The molecule has 1 atom stereocenters. The fourth-order valence-electron chi connectivity index (χ4n) is 2.26. The number of hydrogen-bond donors (Lipinski definition) is 1. The summed E-state index contributed by atoms with van der Waals surface area (Å²) in [6, 6.07) is 0. The number of thiol groups is 1. The van der Waals surface area contributed by atoms with Gasteiger partial charge in [0.05, 0.1) is 13.2 Å². The van der Waals surface area contributed by atoms with Gasteiger partial charge in [-0.05, 0) is 25.9 Å². The molecule has 2 heterocycles. The summed E-state index contributed by atoms with van der Waals surface area (Å²) in [5.41, 5.74) is 0.424. The maximum absolute atomic E-state index is 5.31. The van der Waals surface area contributed by atoms with Crippen LogP contribution in [-0.4, -0.2) is 44.0 Å². The summed E-state index contributed by atoms with van der Waals surface area (Å²) in [4.78, 5) is 2.41. The summed E-state index contributed by atoms with van der Waals surface area (Å²) in [5, 5.41) is 0. The van der Waals surface area contributed by atoms with E-state index in [9.17, 15) is 0 Å². The van der Waals surface area contributed by atoms with Gasteiger partial charge in [0.25, 0.3) is 0 Å². The lowest BCUT2D eigenvalue weighted by Gasteiger charge is -2.45. The lowest BCUT2D eigenvalue weighted by molar-refractivity contribution is -0.127. The molecule has 12 heavy (non-hydrogen) atoms. The largest absolute Gasteiger partial charge is 0.380 e. The molecule has 2 aliphatic rings. The first-order valence-electron chi connectivity index (χ1n) is 4.64. The number of ether oxygens (including phenoxy) is 1. The van der Waals surface area contributed by atoms with Crippen LogP contribution in [0.2, 0.25) is 0 Å². The molecule has 0 aliphatic carbocycles. The van der Waals surface area contributed by atoms with Crippen molar-refractivity contribution in [3.63, 3.8) is 0 Å². The van der Waals surface area contributed by atoms with Gasteiger partial charge in [-0.15, -0.1) is 0 Å². The van der Waals surface area contributed by atoms with Crippen LogP contribution in [0.15, 0.2) is 0 Å². The first-order chi connectivity index (χ1) is 5.77. The third-order valence-corrected chi connectivity index (χ3v) is 3.98. The number of nitrogens with zero attached hydrogens (tertiary/aromatic N) is 1. The Labute approximate surface area is 79.7 Å². The predicted octanol–water partition coefficient (Wildman–Crippen LogP) is 0.884. The molecule has 2 fully saturated rings. The fraction of sp³-hybridized carbons (Fsp3) is 1.00. The normalized spacial score (nSPS) is 35.0. The first-order valence-corrected chi connectivity index (χ1v) is 5.27. The van der Waals surface area contributed by atoms with Crippen LogP contribution in [0.1, 0.15) is 6.42 Å². The van der Waals surface area contributed by atoms with Gasteiger partial charge >= 0.3 is 0 Å². The second kappa shape index (κ2) is 3.20. The molecule has 2 aliphatic heterocycles. The SMILES string of the molecule is CN1CCC(C2(CS)COC2)C1. The quantitative estimate of drug-likeness (QED) is 0.644. The summed E-state index contributed by atoms with van der Waals surface area (Å²) < 4.78 is 5.31. The smallest absolute Gasteiger partial charge is 0.0555 e. The summed E-state index contributed by atoms with van der Waals surface area (Å²) in [5.74, 6) is 1.82. The van der Waals surface area contributed by atoms with Crippen LogP contribution in [0.5, 0.6) is 0 Å². The van der Waals surface area contributed by atoms with Crippen LogP contribution in [0, 0.1) is 11.3 Å². The minimum atomic E-state index is 0.424. The highest BCUT2D eigenvalue weighted by molar-refractivity contribution is 7.80. The zero-order chi connectivity index (χ0) is 8.60. The van der Waals surface area contributed by atoms with Crippen molar-refractivity contribution in [1.29, 1.82) is 0 Å². The van der Waals surface area contributed by atoms with E-state index in [2.05, 4.69) is 24.6 Å². The van der Waals surface area contributed by atoms with Gasteiger partial charge in [0, 0.05) is 17.7 Å². The highest BCUT2D eigenvalue weighted by Gasteiger charge is 2.46. The molecule has 2 rings (SSSR count). The zero-order valence-electron chi connectivity index (χ0n) is 7.62. The molecular weight excluding hydrogens is 170 g/mol. The standard InChI is InChI=1S/C9H17NOS/c1-10-3-2-8(4-10)9(7-12)5-11-6-9/h8,12H,2-7H2,1H3. The second-order valence-corrected chi connectivity index (χ2v) is 4.58. The summed E-state index contributed by atoms with van der Waals surface area (Å²) in [6.45, 7) is 4.37. The van der Waals surface area contributed by atoms with E-state index in [0.717, 1.165) is 24.9 Å². The van der Waals surface area contributed by atoms with Crippen LogP contribution < -0.4 is 0 Å². The molecule has 0 saturated carbocycles. The van der Waals surface area contributed by atoms with Crippen LogP contribution >= 0.6 is 12.6 Å². The number of hydrogen-bond acceptors (Lipinski definition) is 3. The van der Waals surface area contributed by atoms with E-state index in [4.69, 9.17) is 4.74 Å². The molecule has 0 amide bonds. The Morgan fingerprint density at radius 3 is 2.67 bits per heavy atom. The zero-order valence-corrected chi connectivity index (χ0v) is 8.52. The van der Waals surface area contributed by atoms with Crippen molar-refractivity contribution in [3.8, 4) is 0 Å². The van der Waals surface area contributed by atoms with E-state index >= 15 is 0 Å². The van der Waals surface area contributed by atoms with E-state index < -0.39 is 0 Å². The molecule has 0 spiro atoms. The molecule has 0 aromatic carbocycles. The predicted molar refractivity (Wildman–Crippen MR) is 52.7 cm³/mol. The van der Waals surface area contributed by atoms with Crippen LogP contribution in [0.3, 0.4) is 0 Å². The lowest BCUT2D eigenvalue weighted by atomic mass is 9.74. The molecule has 2 nitrogen and oxygen atoms in total. The van der Waals surface area contributed by atoms with Gasteiger partial charge in [0.15, 0.2) is 0 Å². The van der Waals surface area contributed by atoms with E-state index in [1.165, 1.54) is 19.5 Å². The van der Waals surface area contributed by atoms with Crippen molar-refractivity contribution in [2.24, 2.45) is 11.3 Å². The van der Waals surface area contributed by atoms with Crippen molar-refractivity contribution in [2.75, 3.05) is 39.1 Å². The molecule has 0 aromatic heterocycles. The summed E-state index contributed by atoms with van der Waals surface area (Å²) in [6.07, 6.45) is 1.33. The Morgan fingerprint density at radius 1 is 1.58 bits per heavy atom. The van der Waals surface area contributed by atoms with Gasteiger partial charge in [-0.3, -0.25) is 0 Å². The minimum absolute atomic E-state index is 0.424. The minimum Gasteiger partial charge on any atom is -0.380 e. The Balaban J connectivity index is 1.98. The van der Waals surface area contributed by atoms with Crippen molar-refractivity contribution in [3.05, 3.63) is 0 Å². The molecule has 1 unspecified atom stereocenters. The van der Waals surface area contributed by atoms with Crippen molar-refractivity contribution in [1.82, 2.24) is 4.90 Å². The van der Waals surface area contributed by atoms with E-state index in [1.54, 1.807) is 0 Å². The Kier molecular flexibility index (Phi) is 2.36. The fourth-order valence-corrected chi connectivity index (χ4v) is 2.70. The highest BCUT2D eigenvalue weighted by atomic mass is 32.1. The van der Waals surface area contributed by atoms with Gasteiger partial charge in [-0.25, -0.2) is 0 Å². The van der Waals surface area contributed by atoms with Gasteiger partial charge in [-0.2, -0.15) is 12.6 Å². The Bertz CT molecular complexity index is 164. The first kappa shape index (κ1) is 8.85. The monoisotopic (exact) mass is 187 g/mol. The molecule has 0 N–H and O–H groups in total. The Morgan fingerprint density at radius 2 is 2.33 bits per heavy atom. The summed E-state index contributed by atoms with van der Waals surface area (Å²) >= 11 is 4.44.